The molecule has 2 heterocycles. The van der Waals surface area contributed by atoms with Crippen LogP contribution >= 0.6 is 11.3 Å². The lowest BCUT2D eigenvalue weighted by Gasteiger charge is -2.24. The molecule has 3 rings (SSSR count). The lowest BCUT2D eigenvalue weighted by Crippen LogP contribution is -2.34. The van der Waals surface area contributed by atoms with Crippen molar-refractivity contribution < 1.29 is 4.79 Å². The molecule has 0 bridgehead atoms. The summed E-state index contributed by atoms with van der Waals surface area (Å²) in [6.07, 6.45) is 2.13. The zero-order valence-electron chi connectivity index (χ0n) is 11.5. The molecule has 0 unspecified atom stereocenters. The van der Waals surface area contributed by atoms with Crippen LogP contribution < -0.4 is 5.32 Å². The SMILES string of the molecule is Cc1cccc(NC(=O)N2CCC[C@H]2c2cccs2)c1. The van der Waals surface area contributed by atoms with E-state index in [4.69, 9.17) is 0 Å². The van der Waals surface area contributed by atoms with Crippen molar-refractivity contribution in [3.63, 3.8) is 0 Å². The molecule has 1 aliphatic heterocycles. The van der Waals surface area contributed by atoms with Gasteiger partial charge in [0.15, 0.2) is 0 Å². The summed E-state index contributed by atoms with van der Waals surface area (Å²) in [7, 11) is 0. The van der Waals surface area contributed by atoms with Gasteiger partial charge < -0.3 is 10.2 Å². The monoisotopic (exact) mass is 286 g/mol. The van der Waals surface area contributed by atoms with E-state index in [1.165, 1.54) is 4.88 Å². The summed E-state index contributed by atoms with van der Waals surface area (Å²) in [4.78, 5) is 15.7. The van der Waals surface area contributed by atoms with Gasteiger partial charge in [-0.2, -0.15) is 0 Å². The molecule has 104 valence electrons. The van der Waals surface area contributed by atoms with E-state index in [0.717, 1.165) is 30.6 Å². The van der Waals surface area contributed by atoms with E-state index in [1.807, 2.05) is 36.1 Å². The van der Waals surface area contributed by atoms with Crippen molar-refractivity contribution in [2.75, 3.05) is 11.9 Å². The van der Waals surface area contributed by atoms with E-state index in [9.17, 15) is 4.79 Å². The Morgan fingerprint density at radius 1 is 1.35 bits per heavy atom. The van der Waals surface area contributed by atoms with Crippen LogP contribution in [0.1, 0.15) is 29.3 Å². The number of hydrogen-bond donors (Lipinski definition) is 1. The minimum atomic E-state index is 0.00602. The first kappa shape index (κ1) is 13.2. The Morgan fingerprint density at radius 2 is 2.25 bits per heavy atom. The molecule has 1 fully saturated rings. The third-order valence-corrected chi connectivity index (χ3v) is 4.63. The van der Waals surface area contributed by atoms with Gasteiger partial charge in [0, 0.05) is 17.1 Å². The molecule has 1 saturated heterocycles. The van der Waals surface area contributed by atoms with Crippen molar-refractivity contribution in [3.8, 4) is 0 Å². The second-order valence-electron chi connectivity index (χ2n) is 5.17. The number of thiophene rings is 1. The quantitative estimate of drug-likeness (QED) is 0.870. The highest BCUT2D eigenvalue weighted by Crippen LogP contribution is 2.34. The number of carbonyl (C=O) groups excluding carboxylic acids is 1. The number of carbonyl (C=O) groups is 1. The Kier molecular flexibility index (Phi) is 3.74. The van der Waals surface area contributed by atoms with Crippen LogP contribution in [0.3, 0.4) is 0 Å². The summed E-state index contributed by atoms with van der Waals surface area (Å²) in [6, 6.07) is 12.3. The van der Waals surface area contributed by atoms with Gasteiger partial charge in [-0.1, -0.05) is 18.2 Å². The molecule has 1 aliphatic rings. The number of amides is 2. The predicted octanol–water partition coefficient (Wildman–Crippen LogP) is 4.43. The van der Waals surface area contributed by atoms with Gasteiger partial charge in [0.25, 0.3) is 0 Å². The first-order chi connectivity index (χ1) is 9.74. The molecule has 0 spiro atoms. The summed E-state index contributed by atoms with van der Waals surface area (Å²) in [5.74, 6) is 0. The zero-order chi connectivity index (χ0) is 13.9. The summed E-state index contributed by atoms with van der Waals surface area (Å²) in [5, 5.41) is 5.08. The first-order valence-electron chi connectivity index (χ1n) is 6.92. The Bertz CT molecular complexity index is 594. The lowest BCUT2D eigenvalue weighted by atomic mass is 10.2. The average Bonchev–Trinajstić information content (AvgIpc) is 3.09. The minimum Gasteiger partial charge on any atom is -0.317 e. The highest BCUT2D eigenvalue weighted by molar-refractivity contribution is 7.10. The molecule has 1 aromatic carbocycles. The van der Waals surface area contributed by atoms with Crippen LogP contribution in [0.2, 0.25) is 0 Å². The van der Waals surface area contributed by atoms with Crippen LogP contribution in [-0.2, 0) is 0 Å². The number of anilines is 1. The normalized spacial score (nSPS) is 18.2. The number of urea groups is 1. The Labute approximate surface area is 123 Å². The Balaban J connectivity index is 1.73. The van der Waals surface area contributed by atoms with Crippen LogP contribution in [0.4, 0.5) is 10.5 Å². The van der Waals surface area contributed by atoms with Gasteiger partial charge in [-0.3, -0.25) is 0 Å². The van der Waals surface area contributed by atoms with Crippen molar-refractivity contribution in [1.29, 1.82) is 0 Å². The van der Waals surface area contributed by atoms with Crippen LogP contribution in [0, 0.1) is 6.92 Å². The fourth-order valence-corrected chi connectivity index (χ4v) is 3.58. The van der Waals surface area contributed by atoms with E-state index in [1.54, 1.807) is 11.3 Å². The van der Waals surface area contributed by atoms with Gasteiger partial charge in [-0.15, -0.1) is 11.3 Å². The molecule has 2 amide bonds. The number of aryl methyl sites for hydroxylation is 1. The minimum absolute atomic E-state index is 0.00602. The van der Waals surface area contributed by atoms with Gasteiger partial charge in [0.05, 0.1) is 6.04 Å². The maximum absolute atomic E-state index is 12.5. The molecule has 1 aromatic heterocycles. The van der Waals surface area contributed by atoms with E-state index in [2.05, 4.69) is 22.8 Å². The second kappa shape index (κ2) is 5.67. The van der Waals surface area contributed by atoms with Crippen molar-refractivity contribution in [2.45, 2.75) is 25.8 Å². The molecular weight excluding hydrogens is 268 g/mol. The van der Waals surface area contributed by atoms with Gasteiger partial charge in [-0.25, -0.2) is 4.79 Å². The molecule has 0 aliphatic carbocycles. The first-order valence-corrected chi connectivity index (χ1v) is 7.80. The summed E-state index contributed by atoms with van der Waals surface area (Å²) >= 11 is 1.73. The second-order valence-corrected chi connectivity index (χ2v) is 6.15. The molecular formula is C16H18N2OS. The van der Waals surface area contributed by atoms with Crippen LogP contribution in [0.15, 0.2) is 41.8 Å². The molecule has 1 N–H and O–H groups in total. The van der Waals surface area contributed by atoms with Crippen molar-refractivity contribution in [3.05, 3.63) is 52.2 Å². The molecule has 1 atom stereocenters. The number of hydrogen-bond acceptors (Lipinski definition) is 2. The van der Waals surface area contributed by atoms with E-state index in [0.29, 0.717) is 0 Å². The van der Waals surface area contributed by atoms with Crippen molar-refractivity contribution >= 4 is 23.1 Å². The molecule has 20 heavy (non-hydrogen) atoms. The third-order valence-electron chi connectivity index (χ3n) is 3.65. The topological polar surface area (TPSA) is 32.3 Å². The third kappa shape index (κ3) is 2.70. The van der Waals surface area contributed by atoms with Crippen molar-refractivity contribution in [1.82, 2.24) is 4.90 Å². The molecule has 4 heteroatoms. The number of benzene rings is 1. The zero-order valence-corrected chi connectivity index (χ0v) is 12.3. The van der Waals surface area contributed by atoms with E-state index in [-0.39, 0.29) is 12.1 Å². The van der Waals surface area contributed by atoms with Crippen LogP contribution in [0.25, 0.3) is 0 Å². The summed E-state index contributed by atoms with van der Waals surface area (Å²) < 4.78 is 0. The number of likely N-dealkylation sites (tertiary alicyclic amines) is 1. The average molecular weight is 286 g/mol. The van der Waals surface area contributed by atoms with Gasteiger partial charge in [-0.05, 0) is 48.9 Å². The largest absolute Gasteiger partial charge is 0.322 e. The summed E-state index contributed by atoms with van der Waals surface area (Å²) in [6.45, 7) is 2.86. The maximum atomic E-state index is 12.5. The molecule has 0 radical (unpaired) electrons. The smallest absolute Gasteiger partial charge is 0.317 e. The molecule has 0 saturated carbocycles. The fourth-order valence-electron chi connectivity index (χ4n) is 2.70. The van der Waals surface area contributed by atoms with Crippen LogP contribution in [-0.4, -0.2) is 17.5 Å². The predicted molar refractivity (Wildman–Crippen MR) is 83.2 cm³/mol. The Hall–Kier alpha value is -1.81. The Morgan fingerprint density at radius 3 is 3.00 bits per heavy atom. The molecule has 2 aromatic rings. The van der Waals surface area contributed by atoms with Crippen molar-refractivity contribution in [2.24, 2.45) is 0 Å². The fraction of sp³-hybridized carbons (Fsp3) is 0.312. The highest BCUT2D eigenvalue weighted by Gasteiger charge is 2.30. The number of rotatable bonds is 2. The lowest BCUT2D eigenvalue weighted by molar-refractivity contribution is 0.208. The van der Waals surface area contributed by atoms with Gasteiger partial charge >= 0.3 is 6.03 Å². The number of nitrogens with zero attached hydrogens (tertiary/aromatic N) is 1. The van der Waals surface area contributed by atoms with E-state index < -0.39 is 0 Å². The highest BCUT2D eigenvalue weighted by atomic mass is 32.1. The standard InChI is InChI=1S/C16H18N2OS/c1-12-5-2-6-13(11-12)17-16(19)18-9-3-7-14(18)15-8-4-10-20-15/h2,4-6,8,10-11,14H,3,7,9H2,1H3,(H,17,19)/t14-/m0/s1. The van der Waals surface area contributed by atoms with E-state index >= 15 is 0 Å². The number of nitrogens with one attached hydrogen (secondary N) is 1. The van der Waals surface area contributed by atoms with Gasteiger partial charge in [0.1, 0.15) is 0 Å². The van der Waals surface area contributed by atoms with Gasteiger partial charge in [0.2, 0.25) is 0 Å². The maximum Gasteiger partial charge on any atom is 0.322 e. The molecule has 3 nitrogen and oxygen atoms in total. The summed E-state index contributed by atoms with van der Waals surface area (Å²) in [5.41, 5.74) is 2.02. The van der Waals surface area contributed by atoms with Crippen LogP contribution in [0.5, 0.6) is 0 Å².